The number of alkyl halides is 1. The fourth-order valence-corrected chi connectivity index (χ4v) is 2.19. The fraction of sp³-hybridized carbons (Fsp3) is 0.429. The maximum Gasteiger partial charge on any atom is 0.111 e. The molecule has 0 spiro atoms. The molecule has 58 valence electrons. The molecule has 0 aliphatic rings. The largest absolute Gasteiger partial charge is 0.245 e. The van der Waals surface area contributed by atoms with Crippen LogP contribution in [0, 0.1) is 18.3 Å². The van der Waals surface area contributed by atoms with Crippen LogP contribution >= 0.6 is 27.3 Å². The second kappa shape index (κ2) is 3.84. The van der Waals surface area contributed by atoms with Crippen LogP contribution in [0.1, 0.15) is 16.6 Å². The summed E-state index contributed by atoms with van der Waals surface area (Å²) < 4.78 is 0. The van der Waals surface area contributed by atoms with Crippen LogP contribution in [-0.2, 0) is 0 Å². The van der Waals surface area contributed by atoms with Gasteiger partial charge in [-0.2, -0.15) is 5.26 Å². The molecule has 0 bridgehead atoms. The number of thiazole rings is 1. The van der Waals surface area contributed by atoms with E-state index < -0.39 is 0 Å². The third kappa shape index (κ3) is 2.01. The van der Waals surface area contributed by atoms with E-state index in [2.05, 4.69) is 27.0 Å². The molecule has 0 aliphatic carbocycles. The minimum absolute atomic E-state index is 0.0892. The zero-order chi connectivity index (χ0) is 8.27. The summed E-state index contributed by atoms with van der Waals surface area (Å²) in [5.74, 6) is -0.0892. The van der Waals surface area contributed by atoms with Crippen molar-refractivity contribution >= 4 is 27.3 Å². The fourth-order valence-electron chi connectivity index (χ4n) is 0.688. The molecule has 0 saturated heterocycles. The molecule has 1 unspecified atom stereocenters. The quantitative estimate of drug-likeness (QED) is 0.733. The molecule has 1 atom stereocenters. The van der Waals surface area contributed by atoms with E-state index in [1.54, 1.807) is 11.3 Å². The highest BCUT2D eigenvalue weighted by Crippen LogP contribution is 2.20. The molecular formula is C7H7BrN2S. The molecule has 1 heterocycles. The topological polar surface area (TPSA) is 36.7 Å². The van der Waals surface area contributed by atoms with Crippen molar-refractivity contribution in [2.75, 3.05) is 5.33 Å². The molecule has 0 aromatic carbocycles. The first-order valence-electron chi connectivity index (χ1n) is 3.15. The molecule has 0 amide bonds. The summed E-state index contributed by atoms with van der Waals surface area (Å²) in [5.41, 5.74) is 0.992. The summed E-state index contributed by atoms with van der Waals surface area (Å²) >= 11 is 4.81. The summed E-state index contributed by atoms with van der Waals surface area (Å²) in [6.07, 6.45) is 0. The first-order valence-corrected chi connectivity index (χ1v) is 5.15. The Morgan fingerprint density at radius 2 is 2.64 bits per heavy atom. The smallest absolute Gasteiger partial charge is 0.111 e. The third-order valence-electron chi connectivity index (χ3n) is 1.25. The van der Waals surface area contributed by atoms with Crippen molar-refractivity contribution in [3.05, 3.63) is 16.1 Å². The lowest BCUT2D eigenvalue weighted by atomic mass is 10.2. The van der Waals surface area contributed by atoms with Crippen LogP contribution in [0.4, 0.5) is 0 Å². The standard InChI is InChI=1S/C7H7BrN2S/c1-5-4-11-7(10-5)6(2-8)3-9/h4,6H,2H2,1H3. The molecular weight excluding hydrogens is 224 g/mol. The van der Waals surface area contributed by atoms with Crippen molar-refractivity contribution in [1.29, 1.82) is 5.26 Å². The van der Waals surface area contributed by atoms with Crippen molar-refractivity contribution < 1.29 is 0 Å². The molecule has 1 aromatic rings. The lowest BCUT2D eigenvalue weighted by Gasteiger charge is -1.96. The van der Waals surface area contributed by atoms with E-state index in [1.165, 1.54) is 0 Å². The van der Waals surface area contributed by atoms with E-state index in [0.717, 1.165) is 10.7 Å². The van der Waals surface area contributed by atoms with Gasteiger partial charge in [-0.1, -0.05) is 15.9 Å². The number of nitrogens with zero attached hydrogens (tertiary/aromatic N) is 2. The SMILES string of the molecule is Cc1csc(C(C#N)CBr)n1. The van der Waals surface area contributed by atoms with E-state index in [-0.39, 0.29) is 5.92 Å². The molecule has 0 N–H and O–H groups in total. The number of aryl methyl sites for hydroxylation is 1. The van der Waals surface area contributed by atoms with Crippen LogP contribution in [0.15, 0.2) is 5.38 Å². The van der Waals surface area contributed by atoms with Crippen molar-refractivity contribution in [3.8, 4) is 6.07 Å². The van der Waals surface area contributed by atoms with Gasteiger partial charge in [-0.25, -0.2) is 4.98 Å². The molecule has 0 fully saturated rings. The molecule has 0 radical (unpaired) electrons. The van der Waals surface area contributed by atoms with Crippen molar-refractivity contribution in [2.24, 2.45) is 0 Å². The average Bonchev–Trinajstić information content (AvgIpc) is 2.39. The molecule has 0 aliphatic heterocycles. The molecule has 4 heteroatoms. The molecule has 2 nitrogen and oxygen atoms in total. The van der Waals surface area contributed by atoms with Crippen LogP contribution in [-0.4, -0.2) is 10.3 Å². The summed E-state index contributed by atoms with van der Waals surface area (Å²) in [6.45, 7) is 1.93. The molecule has 11 heavy (non-hydrogen) atoms. The van der Waals surface area contributed by atoms with Crippen LogP contribution in [0.3, 0.4) is 0 Å². The first kappa shape index (κ1) is 8.69. The Morgan fingerprint density at radius 3 is 3.00 bits per heavy atom. The van der Waals surface area contributed by atoms with Gasteiger partial charge in [0.15, 0.2) is 0 Å². The van der Waals surface area contributed by atoms with Gasteiger partial charge in [0.05, 0.1) is 6.07 Å². The predicted octanol–water partition coefficient (Wildman–Crippen LogP) is 2.45. The highest BCUT2D eigenvalue weighted by Gasteiger charge is 2.11. The minimum atomic E-state index is -0.0892. The Balaban J connectivity index is 2.84. The number of rotatable bonds is 2. The van der Waals surface area contributed by atoms with E-state index in [1.807, 2.05) is 12.3 Å². The van der Waals surface area contributed by atoms with Gasteiger partial charge in [0.2, 0.25) is 0 Å². The Morgan fingerprint density at radius 1 is 1.91 bits per heavy atom. The molecule has 0 saturated carbocycles. The Bertz CT molecular complexity index is 276. The van der Waals surface area contributed by atoms with Crippen molar-refractivity contribution in [3.63, 3.8) is 0 Å². The second-order valence-electron chi connectivity index (χ2n) is 2.16. The van der Waals surface area contributed by atoms with E-state index >= 15 is 0 Å². The monoisotopic (exact) mass is 230 g/mol. The molecule has 1 aromatic heterocycles. The lowest BCUT2D eigenvalue weighted by Crippen LogP contribution is -1.95. The van der Waals surface area contributed by atoms with Crippen LogP contribution in [0.5, 0.6) is 0 Å². The highest BCUT2D eigenvalue weighted by atomic mass is 79.9. The second-order valence-corrected chi connectivity index (χ2v) is 3.70. The van der Waals surface area contributed by atoms with Gasteiger partial charge in [-0.3, -0.25) is 0 Å². The highest BCUT2D eigenvalue weighted by molar-refractivity contribution is 9.09. The number of hydrogen-bond donors (Lipinski definition) is 0. The van der Waals surface area contributed by atoms with Gasteiger partial charge in [0.1, 0.15) is 10.9 Å². The van der Waals surface area contributed by atoms with E-state index in [9.17, 15) is 0 Å². The van der Waals surface area contributed by atoms with Crippen molar-refractivity contribution in [2.45, 2.75) is 12.8 Å². The van der Waals surface area contributed by atoms with Gasteiger partial charge in [0, 0.05) is 16.4 Å². The predicted molar refractivity (Wildman–Crippen MR) is 49.0 cm³/mol. The maximum absolute atomic E-state index is 8.68. The first-order chi connectivity index (χ1) is 5.27. The summed E-state index contributed by atoms with van der Waals surface area (Å²) in [4.78, 5) is 4.22. The molecule has 1 rings (SSSR count). The van der Waals surface area contributed by atoms with Gasteiger partial charge in [0.25, 0.3) is 0 Å². The summed E-state index contributed by atoms with van der Waals surface area (Å²) in [5, 5.41) is 12.2. The summed E-state index contributed by atoms with van der Waals surface area (Å²) in [7, 11) is 0. The van der Waals surface area contributed by atoms with E-state index in [0.29, 0.717) is 5.33 Å². The zero-order valence-corrected chi connectivity index (χ0v) is 8.44. The number of aromatic nitrogens is 1. The Labute approximate surface area is 78.0 Å². The van der Waals surface area contributed by atoms with Crippen LogP contribution in [0.25, 0.3) is 0 Å². The maximum atomic E-state index is 8.68. The Kier molecular flexibility index (Phi) is 3.03. The lowest BCUT2D eigenvalue weighted by molar-refractivity contribution is 0.968. The van der Waals surface area contributed by atoms with E-state index in [4.69, 9.17) is 5.26 Å². The number of hydrogen-bond acceptors (Lipinski definition) is 3. The minimum Gasteiger partial charge on any atom is -0.245 e. The summed E-state index contributed by atoms with van der Waals surface area (Å²) in [6, 6.07) is 2.18. The van der Waals surface area contributed by atoms with Crippen molar-refractivity contribution in [1.82, 2.24) is 4.98 Å². The number of nitriles is 1. The average molecular weight is 231 g/mol. The van der Waals surface area contributed by atoms with Gasteiger partial charge in [-0.15, -0.1) is 11.3 Å². The number of halogens is 1. The van der Waals surface area contributed by atoms with Gasteiger partial charge in [-0.05, 0) is 6.92 Å². The van der Waals surface area contributed by atoms with Gasteiger partial charge >= 0.3 is 0 Å². The normalized spacial score (nSPS) is 12.5. The third-order valence-corrected chi connectivity index (χ3v) is 2.97. The van der Waals surface area contributed by atoms with Crippen LogP contribution < -0.4 is 0 Å². The zero-order valence-electron chi connectivity index (χ0n) is 6.04. The van der Waals surface area contributed by atoms with Gasteiger partial charge < -0.3 is 0 Å². The van der Waals surface area contributed by atoms with Crippen LogP contribution in [0.2, 0.25) is 0 Å². The Hall–Kier alpha value is -0.400.